The summed E-state index contributed by atoms with van der Waals surface area (Å²) in [5.41, 5.74) is 6.07. The summed E-state index contributed by atoms with van der Waals surface area (Å²) in [6.45, 7) is 5.31. The minimum Gasteiger partial charge on any atom is -0.447 e. The Hall–Kier alpha value is -2.48. The first-order valence-corrected chi connectivity index (χ1v) is 7.87. The van der Waals surface area contributed by atoms with Gasteiger partial charge in [0, 0.05) is 5.92 Å². The Morgan fingerprint density at radius 3 is 2.65 bits per heavy atom. The van der Waals surface area contributed by atoms with Gasteiger partial charge in [-0.1, -0.05) is 17.4 Å². The van der Waals surface area contributed by atoms with Crippen LogP contribution in [0.4, 0.5) is 0 Å². The molecular formula is C15H19N4O3S+. The molecule has 0 atom stereocenters. The van der Waals surface area contributed by atoms with Crippen molar-refractivity contribution in [2.75, 3.05) is 7.11 Å². The van der Waals surface area contributed by atoms with Gasteiger partial charge in [0.2, 0.25) is 10.8 Å². The molecule has 2 rings (SSSR count). The van der Waals surface area contributed by atoms with Crippen LogP contribution in [-0.2, 0) is 4.79 Å². The molecule has 23 heavy (non-hydrogen) atoms. The van der Waals surface area contributed by atoms with E-state index in [1.54, 1.807) is 6.08 Å². The summed E-state index contributed by atoms with van der Waals surface area (Å²) in [7, 11) is 1.45. The minimum atomic E-state index is -0.571. The first-order valence-electron chi connectivity index (χ1n) is 7.06. The molecule has 1 heterocycles. The zero-order valence-electron chi connectivity index (χ0n) is 13.0. The molecule has 122 valence electrons. The second-order valence-corrected chi connectivity index (χ2v) is 6.00. The molecule has 1 aromatic rings. The summed E-state index contributed by atoms with van der Waals surface area (Å²) in [5, 5.41) is 3.41. The Bertz CT molecular complexity index is 702. The van der Waals surface area contributed by atoms with E-state index in [2.05, 4.69) is 22.0 Å². The zero-order chi connectivity index (χ0) is 17.0. The fourth-order valence-electron chi connectivity index (χ4n) is 1.89. The number of hydrogen-bond donors (Lipinski definition) is 2. The molecule has 1 aromatic heterocycles. The van der Waals surface area contributed by atoms with Gasteiger partial charge in [-0.05, 0) is 32.6 Å². The van der Waals surface area contributed by atoms with Gasteiger partial charge in [0.25, 0.3) is 10.9 Å². The molecule has 1 fully saturated rings. The average Bonchev–Trinajstić information content (AvgIpc) is 3.30. The molecule has 1 saturated carbocycles. The van der Waals surface area contributed by atoms with E-state index < -0.39 is 5.91 Å². The molecule has 7 nitrogen and oxygen atoms in total. The summed E-state index contributed by atoms with van der Waals surface area (Å²) >= 11 is 1.17. The van der Waals surface area contributed by atoms with Gasteiger partial charge < -0.3 is 15.8 Å². The number of aliphatic imine (C=N–C) groups is 1. The van der Waals surface area contributed by atoms with Crippen LogP contribution in [0.25, 0.3) is 5.57 Å². The van der Waals surface area contributed by atoms with Crippen molar-refractivity contribution in [3.63, 3.8) is 0 Å². The highest BCUT2D eigenvalue weighted by Gasteiger charge is 2.30. The van der Waals surface area contributed by atoms with Gasteiger partial charge in [-0.3, -0.25) is 9.59 Å². The van der Waals surface area contributed by atoms with Gasteiger partial charge in [-0.25, -0.2) is 4.99 Å². The van der Waals surface area contributed by atoms with Crippen LogP contribution in [0, 0.1) is 5.92 Å². The summed E-state index contributed by atoms with van der Waals surface area (Å²) < 4.78 is 5.12. The van der Waals surface area contributed by atoms with E-state index in [1.807, 2.05) is 13.0 Å². The predicted octanol–water partition coefficient (Wildman–Crippen LogP) is 1.14. The highest BCUT2D eigenvalue weighted by molar-refractivity contribution is 7.14. The van der Waals surface area contributed by atoms with Crippen molar-refractivity contribution >= 4 is 35.4 Å². The van der Waals surface area contributed by atoms with Gasteiger partial charge >= 0.3 is 5.88 Å². The Kier molecular flexibility index (Phi) is 5.28. The summed E-state index contributed by atoms with van der Waals surface area (Å²) in [4.78, 5) is 30.4. The number of nitrogens with zero attached hydrogens (tertiary/aromatic N) is 1. The normalized spacial score (nSPS) is 15.2. The molecule has 0 bridgehead atoms. The standard InChI is InChI=1S/C15H18N4O3S/c1-4-8(7-10(17-2)18-13(21)9-5-6-9)15-19-14(22-3)11(23-15)12(16)20/h4,7,9H,2,5-6H2,1,3H3,(H2,16,20)(H,18,21)/p+1. The zero-order valence-corrected chi connectivity index (χ0v) is 13.8. The number of thiazole rings is 1. The third kappa shape index (κ3) is 4.04. The fourth-order valence-corrected chi connectivity index (χ4v) is 2.86. The summed E-state index contributed by atoms with van der Waals surface area (Å²) in [6.07, 6.45) is 5.32. The fraction of sp³-hybridized carbons (Fsp3) is 0.333. The number of primary amides is 1. The Balaban J connectivity index is 2.27. The number of carbonyl (C=O) groups is 2. The second-order valence-electron chi connectivity index (χ2n) is 4.98. The third-order valence-corrected chi connectivity index (χ3v) is 4.43. The van der Waals surface area contributed by atoms with Crippen molar-refractivity contribution in [3.8, 4) is 5.88 Å². The first kappa shape index (κ1) is 16.9. The molecule has 0 spiro atoms. The van der Waals surface area contributed by atoms with Crippen molar-refractivity contribution in [2.24, 2.45) is 16.6 Å². The maximum absolute atomic E-state index is 11.8. The maximum Gasteiger partial charge on any atom is 0.390 e. The van der Waals surface area contributed by atoms with E-state index >= 15 is 0 Å². The molecule has 4 N–H and O–H groups in total. The number of H-pyrrole nitrogens is 1. The quantitative estimate of drug-likeness (QED) is 0.576. The van der Waals surface area contributed by atoms with Gasteiger partial charge in [0.1, 0.15) is 5.82 Å². The topological polar surface area (TPSA) is 108 Å². The number of aromatic amines is 1. The van der Waals surface area contributed by atoms with Crippen LogP contribution in [-0.4, -0.2) is 25.6 Å². The van der Waals surface area contributed by atoms with Crippen molar-refractivity contribution in [2.45, 2.75) is 19.8 Å². The summed E-state index contributed by atoms with van der Waals surface area (Å²) in [5.74, 6) is 0.114. The van der Waals surface area contributed by atoms with E-state index in [-0.39, 0.29) is 11.8 Å². The maximum atomic E-state index is 11.8. The number of rotatable bonds is 7. The molecule has 0 saturated heterocycles. The number of carbonyl (C=O) groups excluding carboxylic acids is 2. The van der Waals surface area contributed by atoms with Crippen LogP contribution in [0.5, 0.6) is 5.88 Å². The number of amides is 2. The highest BCUT2D eigenvalue weighted by Crippen LogP contribution is 2.30. The second kappa shape index (κ2) is 7.19. The lowest BCUT2D eigenvalue weighted by Gasteiger charge is -2.03. The van der Waals surface area contributed by atoms with Crippen molar-refractivity contribution in [3.05, 3.63) is 27.9 Å². The van der Waals surface area contributed by atoms with E-state index in [0.717, 1.165) is 18.4 Å². The summed E-state index contributed by atoms with van der Waals surface area (Å²) in [6, 6.07) is 0. The lowest BCUT2D eigenvalue weighted by atomic mass is 10.2. The Morgan fingerprint density at radius 1 is 1.52 bits per heavy atom. The lowest BCUT2D eigenvalue weighted by Crippen LogP contribution is -2.23. The Morgan fingerprint density at radius 2 is 2.22 bits per heavy atom. The van der Waals surface area contributed by atoms with Crippen LogP contribution in [0.15, 0.2) is 23.0 Å². The number of nitrogens with one attached hydrogen (secondary N) is 2. The van der Waals surface area contributed by atoms with Crippen LogP contribution in [0.2, 0.25) is 0 Å². The SMILES string of the molecule is C=NC(=CC(=CC)c1[nH+]c(OC)c(C(N)=O)s1)NC(=O)C1CC1. The third-order valence-electron chi connectivity index (χ3n) is 3.30. The number of hydrogen-bond acceptors (Lipinski definition) is 5. The molecule has 1 aliphatic carbocycles. The molecule has 1 aliphatic rings. The first-order chi connectivity index (χ1) is 11.0. The number of nitrogens with two attached hydrogens (primary N) is 1. The molecule has 8 heteroatoms. The van der Waals surface area contributed by atoms with Gasteiger partial charge in [0.05, 0.1) is 12.7 Å². The van der Waals surface area contributed by atoms with Crippen LogP contribution in [0.3, 0.4) is 0 Å². The van der Waals surface area contributed by atoms with E-state index in [4.69, 9.17) is 10.5 Å². The van der Waals surface area contributed by atoms with E-state index in [0.29, 0.717) is 21.6 Å². The smallest absolute Gasteiger partial charge is 0.390 e. The largest absolute Gasteiger partial charge is 0.447 e. The van der Waals surface area contributed by atoms with Gasteiger partial charge in [-0.15, -0.1) is 0 Å². The number of allylic oxidation sites excluding steroid dienone is 3. The predicted molar refractivity (Wildman–Crippen MR) is 88.1 cm³/mol. The number of methoxy groups -OCH3 is 1. The van der Waals surface area contributed by atoms with Crippen LogP contribution in [0.1, 0.15) is 34.4 Å². The van der Waals surface area contributed by atoms with E-state index in [9.17, 15) is 9.59 Å². The Labute approximate surface area is 138 Å². The lowest BCUT2D eigenvalue weighted by molar-refractivity contribution is -0.389. The monoisotopic (exact) mass is 335 g/mol. The number of ether oxygens (including phenoxy) is 1. The van der Waals surface area contributed by atoms with Gasteiger partial charge in [-0.2, -0.15) is 4.98 Å². The van der Waals surface area contributed by atoms with Crippen LogP contribution < -0.4 is 20.8 Å². The molecule has 0 aliphatic heterocycles. The van der Waals surface area contributed by atoms with Gasteiger partial charge in [0.15, 0.2) is 0 Å². The molecule has 0 radical (unpaired) electrons. The average molecular weight is 335 g/mol. The molecule has 2 amide bonds. The van der Waals surface area contributed by atoms with Crippen molar-refractivity contribution < 1.29 is 19.3 Å². The van der Waals surface area contributed by atoms with Crippen molar-refractivity contribution in [1.82, 2.24) is 5.32 Å². The molecular weight excluding hydrogens is 316 g/mol. The highest BCUT2D eigenvalue weighted by atomic mass is 32.1. The molecule has 0 unspecified atom stereocenters. The number of aromatic nitrogens is 1. The molecule has 0 aromatic carbocycles. The van der Waals surface area contributed by atoms with Crippen molar-refractivity contribution in [1.29, 1.82) is 0 Å². The van der Waals surface area contributed by atoms with Crippen LogP contribution >= 0.6 is 11.3 Å². The van der Waals surface area contributed by atoms with E-state index in [1.165, 1.54) is 18.4 Å². The minimum absolute atomic E-state index is 0.0512.